The number of nitrogens with one attached hydrogen (secondary N) is 1. The maximum atomic E-state index is 6.21. The molecule has 6 rings (SSSR count). The van der Waals surface area contributed by atoms with E-state index in [1.165, 1.54) is 25.7 Å². The Morgan fingerprint density at radius 2 is 1.69 bits per heavy atom. The molecule has 2 fully saturated rings. The molecule has 4 aromatic rings. The van der Waals surface area contributed by atoms with Crippen LogP contribution in [-0.4, -0.2) is 25.6 Å². The zero-order chi connectivity index (χ0) is 23.8. The van der Waals surface area contributed by atoms with Gasteiger partial charge < -0.3 is 25.8 Å². The lowest BCUT2D eigenvalue weighted by Gasteiger charge is -2.27. The zero-order valence-electron chi connectivity index (χ0n) is 20.0. The van der Waals surface area contributed by atoms with Crippen LogP contribution in [0.25, 0.3) is 22.3 Å². The number of nitrogen functional groups attached to an aromatic ring is 1. The van der Waals surface area contributed by atoms with Crippen molar-refractivity contribution in [1.82, 2.24) is 19.5 Å². The molecule has 5 N–H and O–H groups in total. The van der Waals surface area contributed by atoms with Crippen molar-refractivity contribution in [3.05, 3.63) is 54.2 Å². The first-order valence-electron chi connectivity index (χ1n) is 12.8. The first kappa shape index (κ1) is 22.1. The van der Waals surface area contributed by atoms with Crippen LogP contribution in [0.3, 0.4) is 0 Å². The summed E-state index contributed by atoms with van der Waals surface area (Å²) in [5, 5.41) is 3.49. The maximum absolute atomic E-state index is 6.21. The summed E-state index contributed by atoms with van der Waals surface area (Å²) in [5.41, 5.74) is 17.5. The van der Waals surface area contributed by atoms with Crippen LogP contribution in [0.2, 0.25) is 0 Å². The number of rotatable bonds is 6. The van der Waals surface area contributed by atoms with Gasteiger partial charge >= 0.3 is 0 Å². The van der Waals surface area contributed by atoms with E-state index in [0.29, 0.717) is 30.4 Å². The lowest BCUT2D eigenvalue weighted by Crippen LogP contribution is -2.27. The van der Waals surface area contributed by atoms with E-state index in [9.17, 15) is 0 Å². The summed E-state index contributed by atoms with van der Waals surface area (Å²) in [4.78, 5) is 14.4. The fraction of sp³-hybridized carbons (Fsp3) is 0.444. The number of nitrogens with two attached hydrogens (primary N) is 2. The minimum atomic E-state index is 0.284. The quantitative estimate of drug-likeness (QED) is 0.345. The van der Waals surface area contributed by atoms with Crippen molar-refractivity contribution in [3.63, 3.8) is 0 Å². The van der Waals surface area contributed by atoms with Gasteiger partial charge in [0.05, 0.1) is 12.5 Å². The second-order valence-electron chi connectivity index (χ2n) is 10.1. The summed E-state index contributed by atoms with van der Waals surface area (Å²) in [6, 6.07) is 11.1. The van der Waals surface area contributed by atoms with Gasteiger partial charge in [-0.25, -0.2) is 4.98 Å². The van der Waals surface area contributed by atoms with Gasteiger partial charge in [-0.15, -0.1) is 0 Å². The molecular formula is C27H33N7O. The van der Waals surface area contributed by atoms with Crippen molar-refractivity contribution in [3.8, 4) is 11.1 Å². The molecule has 2 aliphatic rings. The van der Waals surface area contributed by atoms with Gasteiger partial charge in [0.15, 0.2) is 17.0 Å². The van der Waals surface area contributed by atoms with E-state index >= 15 is 0 Å². The highest BCUT2D eigenvalue weighted by Crippen LogP contribution is 2.40. The minimum absolute atomic E-state index is 0.284. The largest absolute Gasteiger partial charge is 0.472 e. The van der Waals surface area contributed by atoms with Gasteiger partial charge in [0.1, 0.15) is 5.82 Å². The fourth-order valence-electron chi connectivity index (χ4n) is 5.75. The molecule has 0 unspecified atom stereocenters. The molecule has 0 bridgehead atoms. The smallest absolute Gasteiger partial charge is 0.224 e. The molecule has 182 valence electrons. The van der Waals surface area contributed by atoms with Crippen molar-refractivity contribution in [2.45, 2.75) is 75.9 Å². The van der Waals surface area contributed by atoms with Crippen LogP contribution in [0.1, 0.15) is 74.7 Å². The van der Waals surface area contributed by atoms with Gasteiger partial charge in [-0.3, -0.25) is 0 Å². The Bertz CT molecular complexity index is 1280. The molecule has 1 aromatic carbocycles. The summed E-state index contributed by atoms with van der Waals surface area (Å²) < 4.78 is 7.60. The standard InChI is InChI=1S/C27H33N7O/c28-21-11-9-19(10-12-21)25-31-23-24(32-27(29)33-26(23)34(25)22-3-1-2-4-22)30-15-17-5-7-18(8-6-17)20-13-14-35-16-20/h5-8,13-14,16,19,21-22H,1-4,9-12,15,28H2,(H3,29,30,32,33). The van der Waals surface area contributed by atoms with Gasteiger partial charge in [0.2, 0.25) is 5.95 Å². The third kappa shape index (κ3) is 4.38. The molecule has 0 amide bonds. The highest BCUT2D eigenvalue weighted by Gasteiger charge is 2.31. The Morgan fingerprint density at radius 3 is 2.40 bits per heavy atom. The van der Waals surface area contributed by atoms with Crippen LogP contribution in [0, 0.1) is 0 Å². The first-order chi connectivity index (χ1) is 17.2. The van der Waals surface area contributed by atoms with Gasteiger partial charge in [0.25, 0.3) is 0 Å². The molecule has 0 spiro atoms. The van der Waals surface area contributed by atoms with Crippen molar-refractivity contribution < 1.29 is 4.42 Å². The number of benzene rings is 1. The predicted molar refractivity (Wildman–Crippen MR) is 138 cm³/mol. The monoisotopic (exact) mass is 471 g/mol. The molecular weight excluding hydrogens is 438 g/mol. The molecule has 3 heterocycles. The minimum Gasteiger partial charge on any atom is -0.472 e. The number of aromatic nitrogens is 4. The number of hydrogen-bond acceptors (Lipinski definition) is 7. The summed E-state index contributed by atoms with van der Waals surface area (Å²) in [6.45, 7) is 0.626. The molecule has 0 radical (unpaired) electrons. The highest BCUT2D eigenvalue weighted by atomic mass is 16.3. The first-order valence-corrected chi connectivity index (χ1v) is 12.8. The number of nitrogens with zero attached hydrogens (tertiary/aromatic N) is 4. The average molecular weight is 472 g/mol. The van der Waals surface area contributed by atoms with E-state index in [-0.39, 0.29) is 5.95 Å². The molecule has 3 aromatic heterocycles. The summed E-state index contributed by atoms with van der Waals surface area (Å²) in [6.07, 6.45) is 12.5. The Labute approximate surface area is 205 Å². The van der Waals surface area contributed by atoms with Crippen LogP contribution in [0.5, 0.6) is 0 Å². The molecule has 8 heteroatoms. The van der Waals surface area contributed by atoms with Crippen molar-refractivity contribution in [1.29, 1.82) is 0 Å². The van der Waals surface area contributed by atoms with E-state index in [1.54, 1.807) is 12.5 Å². The lowest BCUT2D eigenvalue weighted by molar-refractivity contribution is 0.367. The molecule has 35 heavy (non-hydrogen) atoms. The Morgan fingerprint density at radius 1 is 0.914 bits per heavy atom. The van der Waals surface area contributed by atoms with E-state index in [4.69, 9.17) is 25.9 Å². The van der Waals surface area contributed by atoms with Gasteiger partial charge in [-0.2, -0.15) is 9.97 Å². The van der Waals surface area contributed by atoms with Gasteiger partial charge in [0, 0.05) is 30.1 Å². The molecule has 2 saturated carbocycles. The lowest BCUT2D eigenvalue weighted by atomic mass is 9.86. The van der Waals surface area contributed by atoms with Crippen molar-refractivity contribution in [2.75, 3.05) is 11.1 Å². The van der Waals surface area contributed by atoms with Crippen LogP contribution in [0.4, 0.5) is 11.8 Å². The van der Waals surface area contributed by atoms with Crippen LogP contribution in [0.15, 0.2) is 47.3 Å². The van der Waals surface area contributed by atoms with E-state index in [1.807, 2.05) is 6.07 Å². The van der Waals surface area contributed by atoms with Crippen LogP contribution < -0.4 is 16.8 Å². The molecule has 0 aliphatic heterocycles. The predicted octanol–water partition coefficient (Wildman–Crippen LogP) is 5.38. The molecule has 2 aliphatic carbocycles. The highest BCUT2D eigenvalue weighted by molar-refractivity contribution is 5.85. The van der Waals surface area contributed by atoms with Crippen molar-refractivity contribution >= 4 is 22.9 Å². The second kappa shape index (κ2) is 9.34. The molecule has 8 nitrogen and oxygen atoms in total. The summed E-state index contributed by atoms with van der Waals surface area (Å²) in [5.74, 6) is 2.55. The van der Waals surface area contributed by atoms with E-state index in [2.05, 4.69) is 39.1 Å². The number of fused-ring (bicyclic) bond motifs is 1. The topological polar surface area (TPSA) is 121 Å². The second-order valence-corrected chi connectivity index (χ2v) is 10.1. The van der Waals surface area contributed by atoms with Crippen molar-refractivity contribution in [2.24, 2.45) is 5.73 Å². The van der Waals surface area contributed by atoms with E-state index in [0.717, 1.165) is 59.4 Å². The maximum Gasteiger partial charge on any atom is 0.224 e. The molecule has 0 atom stereocenters. The van der Waals surface area contributed by atoms with E-state index < -0.39 is 0 Å². The number of furan rings is 1. The SMILES string of the molecule is Nc1nc(NCc2ccc(-c3ccoc3)cc2)c2nc(C3CCC(N)CC3)n(C3CCCC3)c2n1. The Balaban J connectivity index is 1.32. The van der Waals surface area contributed by atoms with Crippen LogP contribution in [-0.2, 0) is 6.54 Å². The third-order valence-electron chi connectivity index (χ3n) is 7.68. The number of anilines is 2. The van der Waals surface area contributed by atoms with Crippen LogP contribution >= 0.6 is 0 Å². The Kier molecular flexibility index (Phi) is 5.90. The normalized spacial score (nSPS) is 21.1. The molecule has 0 saturated heterocycles. The summed E-state index contributed by atoms with van der Waals surface area (Å²) in [7, 11) is 0. The number of hydrogen-bond donors (Lipinski definition) is 3. The summed E-state index contributed by atoms with van der Waals surface area (Å²) >= 11 is 0. The Hall–Kier alpha value is -3.39. The fourth-order valence-corrected chi connectivity index (χ4v) is 5.75. The third-order valence-corrected chi connectivity index (χ3v) is 7.68. The average Bonchev–Trinajstić information content (AvgIpc) is 3.64. The van der Waals surface area contributed by atoms with Gasteiger partial charge in [-0.05, 0) is 55.7 Å². The van der Waals surface area contributed by atoms with Gasteiger partial charge in [-0.1, -0.05) is 37.1 Å². The zero-order valence-corrected chi connectivity index (χ0v) is 20.0. The number of imidazole rings is 1.